The van der Waals surface area contributed by atoms with Crippen LogP contribution in [0, 0.1) is 13.8 Å². The van der Waals surface area contributed by atoms with Crippen LogP contribution in [0.15, 0.2) is 45.5 Å². The van der Waals surface area contributed by atoms with Crippen LogP contribution in [0.3, 0.4) is 0 Å². The first-order valence-corrected chi connectivity index (χ1v) is 12.8. The van der Waals surface area contributed by atoms with Gasteiger partial charge in [-0.05, 0) is 31.4 Å². The van der Waals surface area contributed by atoms with E-state index in [1.165, 1.54) is 43.3 Å². The van der Waals surface area contributed by atoms with Crippen LogP contribution in [0.4, 0.5) is 5.13 Å². The predicted octanol–water partition coefficient (Wildman–Crippen LogP) is 5.63. The molecule has 1 N–H and O–H groups in total. The molecule has 0 aliphatic rings. The highest BCUT2D eigenvalue weighted by molar-refractivity contribution is 7.18. The van der Waals surface area contributed by atoms with Gasteiger partial charge in [-0.15, -0.1) is 45.3 Å². The molecule has 5 heterocycles. The van der Waals surface area contributed by atoms with Crippen LogP contribution in [-0.4, -0.2) is 20.4 Å². The molecule has 10 heteroatoms. The molecule has 5 rings (SSSR count). The maximum absolute atomic E-state index is 13.1. The molecule has 0 spiro atoms. The first-order valence-electron chi connectivity index (χ1n) is 9.33. The minimum absolute atomic E-state index is 0.118. The zero-order valence-electron chi connectivity index (χ0n) is 16.5. The van der Waals surface area contributed by atoms with E-state index in [9.17, 15) is 9.59 Å². The Morgan fingerprint density at radius 2 is 2.03 bits per heavy atom. The van der Waals surface area contributed by atoms with E-state index in [0.717, 1.165) is 21.7 Å². The number of carbonyl (C=O) groups excluding carboxylic acids is 1. The lowest BCUT2D eigenvalue weighted by Crippen LogP contribution is -2.27. The van der Waals surface area contributed by atoms with Gasteiger partial charge < -0.3 is 5.32 Å². The normalized spacial score (nSPS) is 11.3. The summed E-state index contributed by atoms with van der Waals surface area (Å²) < 4.78 is 1.35. The summed E-state index contributed by atoms with van der Waals surface area (Å²) in [4.78, 5) is 38.7. The summed E-state index contributed by atoms with van der Waals surface area (Å²) in [5, 5.41) is 9.73. The molecule has 1 amide bonds. The second kappa shape index (κ2) is 8.12. The van der Waals surface area contributed by atoms with Gasteiger partial charge in [0.15, 0.2) is 5.13 Å². The summed E-state index contributed by atoms with van der Waals surface area (Å²) in [5.74, 6) is -0.310. The van der Waals surface area contributed by atoms with E-state index in [1.807, 2.05) is 28.3 Å². The molecule has 6 nitrogen and oxygen atoms in total. The van der Waals surface area contributed by atoms with Gasteiger partial charge in [-0.1, -0.05) is 6.07 Å². The lowest BCUT2D eigenvalue weighted by atomic mass is 10.2. The maximum Gasteiger partial charge on any atom is 0.263 e. The number of anilines is 1. The van der Waals surface area contributed by atoms with E-state index < -0.39 is 0 Å². The number of nitrogens with zero attached hydrogens (tertiary/aromatic N) is 3. The monoisotopic (exact) mass is 484 g/mol. The van der Waals surface area contributed by atoms with Gasteiger partial charge in [0, 0.05) is 36.5 Å². The Hall–Kier alpha value is -2.66. The van der Waals surface area contributed by atoms with Crippen LogP contribution in [0.25, 0.3) is 31.9 Å². The first-order chi connectivity index (χ1) is 15.0. The van der Waals surface area contributed by atoms with Gasteiger partial charge in [-0.2, -0.15) is 0 Å². The van der Waals surface area contributed by atoms with Crippen LogP contribution in [0.1, 0.15) is 9.75 Å². The Bertz CT molecular complexity index is 1460. The predicted molar refractivity (Wildman–Crippen MR) is 131 cm³/mol. The van der Waals surface area contributed by atoms with E-state index in [2.05, 4.69) is 35.2 Å². The molecule has 5 aromatic heterocycles. The summed E-state index contributed by atoms with van der Waals surface area (Å²) in [5.41, 5.74) is 2.59. The zero-order valence-corrected chi connectivity index (χ0v) is 19.8. The molecule has 0 saturated heterocycles. The largest absolute Gasteiger partial charge is 0.300 e. The SMILES string of the molecule is Cc1cc(-c2csc(NC(=O)Cn3cnc4scc(-c5cccs5)c4c3=O)n2)c(C)s1. The number of hydrogen-bond donors (Lipinski definition) is 1. The number of fused-ring (bicyclic) bond motifs is 1. The lowest BCUT2D eigenvalue weighted by Gasteiger charge is -2.05. The van der Waals surface area contributed by atoms with Crippen molar-refractivity contribution in [3.63, 3.8) is 0 Å². The number of thiazole rings is 1. The Kier molecular flexibility index (Phi) is 5.30. The van der Waals surface area contributed by atoms with Crippen molar-refractivity contribution in [2.24, 2.45) is 0 Å². The van der Waals surface area contributed by atoms with Crippen molar-refractivity contribution in [3.05, 3.63) is 60.8 Å². The van der Waals surface area contributed by atoms with Crippen molar-refractivity contribution in [1.82, 2.24) is 14.5 Å². The van der Waals surface area contributed by atoms with Gasteiger partial charge in [-0.3, -0.25) is 14.2 Å². The molecule has 0 aliphatic heterocycles. The fraction of sp³-hybridized carbons (Fsp3) is 0.143. The highest BCUT2D eigenvalue weighted by Gasteiger charge is 2.16. The summed E-state index contributed by atoms with van der Waals surface area (Å²) >= 11 is 6.11. The Balaban J connectivity index is 1.38. The van der Waals surface area contributed by atoms with E-state index >= 15 is 0 Å². The number of rotatable bonds is 5. The number of nitrogens with one attached hydrogen (secondary N) is 1. The summed E-state index contributed by atoms with van der Waals surface area (Å²) in [6.07, 6.45) is 1.43. The number of hydrogen-bond acceptors (Lipinski definition) is 8. The molecule has 0 bridgehead atoms. The van der Waals surface area contributed by atoms with E-state index in [-0.39, 0.29) is 18.0 Å². The third kappa shape index (κ3) is 3.87. The maximum atomic E-state index is 13.1. The molecule has 0 saturated carbocycles. The summed E-state index contributed by atoms with van der Waals surface area (Å²) in [6.45, 7) is 4.01. The number of thiophene rings is 3. The standard InChI is InChI=1S/C21H16N4O2S4/c1-11-6-13(12(2)31-11)15-9-30-21(23-15)24-17(26)7-25-10-22-19-18(20(25)27)14(8-29-19)16-4-3-5-28-16/h3-6,8-10H,7H2,1-2H3,(H,23,24,26). The van der Waals surface area contributed by atoms with Crippen LogP contribution in [-0.2, 0) is 11.3 Å². The number of amides is 1. The smallest absolute Gasteiger partial charge is 0.263 e. The number of carbonyl (C=O) groups is 1. The van der Waals surface area contributed by atoms with Crippen molar-refractivity contribution in [2.45, 2.75) is 20.4 Å². The van der Waals surface area contributed by atoms with E-state index in [1.54, 1.807) is 22.7 Å². The number of aryl methyl sites for hydroxylation is 2. The van der Waals surface area contributed by atoms with E-state index in [4.69, 9.17) is 0 Å². The van der Waals surface area contributed by atoms with Crippen molar-refractivity contribution in [2.75, 3.05) is 5.32 Å². The third-order valence-electron chi connectivity index (χ3n) is 4.73. The van der Waals surface area contributed by atoms with Crippen molar-refractivity contribution in [1.29, 1.82) is 0 Å². The van der Waals surface area contributed by atoms with Gasteiger partial charge >= 0.3 is 0 Å². The molecular weight excluding hydrogens is 469 g/mol. The minimum Gasteiger partial charge on any atom is -0.300 e. The molecule has 156 valence electrons. The van der Waals surface area contributed by atoms with Crippen LogP contribution in [0.5, 0.6) is 0 Å². The van der Waals surface area contributed by atoms with Crippen LogP contribution >= 0.6 is 45.3 Å². The Morgan fingerprint density at radius 1 is 1.16 bits per heavy atom. The molecule has 0 radical (unpaired) electrons. The highest BCUT2D eigenvalue weighted by atomic mass is 32.1. The second-order valence-corrected chi connectivity index (χ2v) is 11.0. The Morgan fingerprint density at radius 3 is 2.77 bits per heavy atom. The molecule has 31 heavy (non-hydrogen) atoms. The van der Waals surface area contributed by atoms with Gasteiger partial charge in [0.1, 0.15) is 11.4 Å². The summed E-state index contributed by atoms with van der Waals surface area (Å²) in [7, 11) is 0. The van der Waals surface area contributed by atoms with Gasteiger partial charge in [0.25, 0.3) is 5.56 Å². The highest BCUT2D eigenvalue weighted by Crippen LogP contribution is 2.34. The fourth-order valence-electron chi connectivity index (χ4n) is 3.35. The topological polar surface area (TPSA) is 76.9 Å². The average molecular weight is 485 g/mol. The van der Waals surface area contributed by atoms with Gasteiger partial charge in [0.05, 0.1) is 17.4 Å². The number of aromatic nitrogens is 3. The lowest BCUT2D eigenvalue weighted by molar-refractivity contribution is -0.116. The molecule has 0 unspecified atom stereocenters. The molecule has 0 fully saturated rings. The van der Waals surface area contributed by atoms with Crippen molar-refractivity contribution >= 4 is 66.6 Å². The molecule has 0 atom stereocenters. The Labute approximate surface area is 193 Å². The zero-order chi connectivity index (χ0) is 21.5. The minimum atomic E-state index is -0.310. The van der Waals surface area contributed by atoms with Crippen LogP contribution < -0.4 is 10.9 Å². The fourth-order valence-corrected chi connectivity index (χ4v) is 6.73. The van der Waals surface area contributed by atoms with Gasteiger partial charge in [0.2, 0.25) is 5.91 Å². The summed E-state index contributed by atoms with van der Waals surface area (Å²) in [6, 6.07) is 6.03. The first kappa shape index (κ1) is 20.3. The second-order valence-electron chi connectivity index (χ2n) is 6.90. The molecular formula is C21H16N4O2S4. The van der Waals surface area contributed by atoms with Gasteiger partial charge in [-0.25, -0.2) is 9.97 Å². The van der Waals surface area contributed by atoms with Crippen molar-refractivity contribution in [3.8, 4) is 21.7 Å². The third-order valence-corrected chi connectivity index (χ3v) is 8.24. The van der Waals surface area contributed by atoms with Crippen LogP contribution in [0.2, 0.25) is 0 Å². The van der Waals surface area contributed by atoms with E-state index in [0.29, 0.717) is 15.3 Å². The molecule has 5 aromatic rings. The molecule has 0 aromatic carbocycles. The average Bonchev–Trinajstić information content (AvgIpc) is 3.51. The van der Waals surface area contributed by atoms with Crippen molar-refractivity contribution < 1.29 is 4.79 Å². The molecule has 0 aliphatic carbocycles. The quantitative estimate of drug-likeness (QED) is 0.351.